The van der Waals surface area contributed by atoms with E-state index in [0.29, 0.717) is 5.92 Å². The monoisotopic (exact) mass is 285 g/mol. The molecular weight excluding hydrogens is 263 g/mol. The maximum atomic E-state index is 12.8. The average molecular weight is 285 g/mol. The lowest BCUT2D eigenvalue weighted by Crippen LogP contribution is -2.25. The fourth-order valence-electron chi connectivity index (χ4n) is 2.78. The van der Waals surface area contributed by atoms with E-state index in [9.17, 15) is 13.2 Å². The molecule has 2 unspecified atom stereocenters. The Morgan fingerprint density at radius 1 is 1.35 bits per heavy atom. The first-order chi connectivity index (χ1) is 9.25. The van der Waals surface area contributed by atoms with Crippen LogP contribution in [0.15, 0.2) is 24.3 Å². The number of hydrogen-bond donors (Lipinski definition) is 1. The van der Waals surface area contributed by atoms with Crippen LogP contribution in [-0.2, 0) is 6.18 Å². The Hall–Kier alpha value is -1.03. The first-order valence-corrected chi connectivity index (χ1v) is 7.16. The van der Waals surface area contributed by atoms with E-state index in [1.165, 1.54) is 12.1 Å². The lowest BCUT2D eigenvalue weighted by atomic mass is 9.95. The number of alkyl halides is 3. The summed E-state index contributed by atoms with van der Waals surface area (Å²) in [5.41, 5.74) is 0.417. The van der Waals surface area contributed by atoms with E-state index in [1.54, 1.807) is 6.07 Å². The molecule has 1 aliphatic rings. The van der Waals surface area contributed by atoms with Crippen LogP contribution in [0.1, 0.15) is 50.8 Å². The maximum absolute atomic E-state index is 12.8. The summed E-state index contributed by atoms with van der Waals surface area (Å²) in [6.45, 7) is 7.24. The lowest BCUT2D eigenvalue weighted by molar-refractivity contribution is -0.137. The van der Waals surface area contributed by atoms with Gasteiger partial charge < -0.3 is 5.32 Å². The van der Waals surface area contributed by atoms with Gasteiger partial charge in [0.2, 0.25) is 0 Å². The molecule has 0 radical (unpaired) electrons. The van der Waals surface area contributed by atoms with Crippen molar-refractivity contribution >= 4 is 0 Å². The van der Waals surface area contributed by atoms with Gasteiger partial charge in [-0.05, 0) is 48.4 Å². The van der Waals surface area contributed by atoms with Crippen molar-refractivity contribution in [3.8, 4) is 0 Å². The topological polar surface area (TPSA) is 12.0 Å². The zero-order valence-electron chi connectivity index (χ0n) is 12.2. The molecule has 20 heavy (non-hydrogen) atoms. The molecule has 1 aliphatic carbocycles. The first kappa shape index (κ1) is 15.4. The Labute approximate surface area is 118 Å². The summed E-state index contributed by atoms with van der Waals surface area (Å²) in [6, 6.07) is 5.76. The molecule has 0 aromatic heterocycles. The van der Waals surface area contributed by atoms with Crippen molar-refractivity contribution in [2.75, 3.05) is 6.54 Å². The Morgan fingerprint density at radius 2 is 2.00 bits per heavy atom. The molecule has 1 N–H and O–H groups in total. The molecule has 0 bridgehead atoms. The molecule has 4 heteroatoms. The first-order valence-electron chi connectivity index (χ1n) is 7.16. The lowest BCUT2D eigenvalue weighted by Gasteiger charge is -2.22. The molecule has 0 amide bonds. The molecule has 2 rings (SSSR count). The normalized spacial score (nSPS) is 22.6. The van der Waals surface area contributed by atoms with Crippen molar-refractivity contribution in [2.24, 2.45) is 11.3 Å². The zero-order chi connectivity index (χ0) is 15.0. The minimum Gasteiger partial charge on any atom is -0.310 e. The minimum atomic E-state index is -4.27. The maximum Gasteiger partial charge on any atom is 0.416 e. The van der Waals surface area contributed by atoms with Crippen LogP contribution in [0, 0.1) is 11.3 Å². The summed E-state index contributed by atoms with van der Waals surface area (Å²) >= 11 is 0. The second-order valence-corrected chi connectivity index (χ2v) is 6.35. The van der Waals surface area contributed by atoms with E-state index < -0.39 is 11.7 Å². The van der Waals surface area contributed by atoms with Gasteiger partial charge in [-0.1, -0.05) is 32.9 Å². The minimum absolute atomic E-state index is 0.0206. The Balaban J connectivity index is 2.25. The molecule has 0 aliphatic heterocycles. The van der Waals surface area contributed by atoms with Gasteiger partial charge in [-0.25, -0.2) is 0 Å². The third-order valence-electron chi connectivity index (χ3n) is 4.18. The number of halogens is 3. The Kier molecular flexibility index (Phi) is 4.14. The van der Waals surface area contributed by atoms with E-state index >= 15 is 0 Å². The molecule has 2 atom stereocenters. The van der Waals surface area contributed by atoms with Crippen LogP contribution in [0.3, 0.4) is 0 Å². The quantitative estimate of drug-likeness (QED) is 0.820. The second-order valence-electron chi connectivity index (χ2n) is 6.35. The number of benzene rings is 1. The van der Waals surface area contributed by atoms with Crippen molar-refractivity contribution in [3.63, 3.8) is 0 Å². The molecule has 0 saturated heterocycles. The molecule has 0 heterocycles. The summed E-state index contributed by atoms with van der Waals surface area (Å²) in [4.78, 5) is 0. The summed E-state index contributed by atoms with van der Waals surface area (Å²) < 4.78 is 38.5. The molecule has 1 fully saturated rings. The highest BCUT2D eigenvalue weighted by Gasteiger charge is 2.50. The third kappa shape index (κ3) is 3.35. The number of rotatable bonds is 5. The largest absolute Gasteiger partial charge is 0.416 e. The van der Waals surface area contributed by atoms with Crippen LogP contribution >= 0.6 is 0 Å². The zero-order valence-corrected chi connectivity index (χ0v) is 12.2. The van der Waals surface area contributed by atoms with E-state index in [1.807, 2.05) is 0 Å². The van der Waals surface area contributed by atoms with Gasteiger partial charge in [0.15, 0.2) is 0 Å². The van der Waals surface area contributed by atoms with Crippen LogP contribution in [0.4, 0.5) is 13.2 Å². The van der Waals surface area contributed by atoms with E-state index in [0.717, 1.165) is 31.0 Å². The van der Waals surface area contributed by atoms with Crippen LogP contribution in [0.5, 0.6) is 0 Å². The molecular formula is C16H22F3N. The van der Waals surface area contributed by atoms with Gasteiger partial charge in [0.1, 0.15) is 0 Å². The van der Waals surface area contributed by atoms with E-state index in [4.69, 9.17) is 0 Å². The van der Waals surface area contributed by atoms with Gasteiger partial charge in [0, 0.05) is 6.04 Å². The predicted molar refractivity (Wildman–Crippen MR) is 74.4 cm³/mol. The summed E-state index contributed by atoms with van der Waals surface area (Å²) in [7, 11) is 0. The number of nitrogens with one attached hydrogen (secondary N) is 1. The molecule has 1 aromatic carbocycles. The van der Waals surface area contributed by atoms with Crippen LogP contribution in [0.25, 0.3) is 0 Å². The molecule has 1 saturated carbocycles. The molecule has 0 spiro atoms. The highest BCUT2D eigenvalue weighted by atomic mass is 19.4. The van der Waals surface area contributed by atoms with Gasteiger partial charge in [-0.2, -0.15) is 13.2 Å². The predicted octanol–water partition coefficient (Wildman–Crippen LogP) is 4.79. The van der Waals surface area contributed by atoms with Gasteiger partial charge in [-0.3, -0.25) is 0 Å². The van der Waals surface area contributed by atoms with Crippen molar-refractivity contribution < 1.29 is 13.2 Å². The van der Waals surface area contributed by atoms with Gasteiger partial charge in [-0.15, -0.1) is 0 Å². The van der Waals surface area contributed by atoms with Crippen molar-refractivity contribution in [3.05, 3.63) is 35.4 Å². The Bertz CT molecular complexity index is 465. The van der Waals surface area contributed by atoms with Gasteiger partial charge >= 0.3 is 6.18 Å². The smallest absolute Gasteiger partial charge is 0.310 e. The van der Waals surface area contributed by atoms with Crippen molar-refractivity contribution in [1.82, 2.24) is 5.32 Å². The standard InChI is InChI=1S/C16H22F3N/c1-4-8-20-14(13-10-15(13,2)3)11-6-5-7-12(9-11)16(17,18)19/h5-7,9,13-14,20H,4,8,10H2,1-3H3. The van der Waals surface area contributed by atoms with Crippen molar-refractivity contribution in [1.29, 1.82) is 0 Å². The molecule has 1 aromatic rings. The average Bonchev–Trinajstić information content (AvgIpc) is 2.98. The SMILES string of the molecule is CCCNC(c1cccc(C(F)(F)F)c1)C1CC1(C)C. The highest BCUT2D eigenvalue weighted by Crippen LogP contribution is 2.57. The highest BCUT2D eigenvalue weighted by molar-refractivity contribution is 5.30. The molecule has 112 valence electrons. The fourth-order valence-corrected chi connectivity index (χ4v) is 2.78. The van der Waals surface area contributed by atoms with Crippen LogP contribution < -0.4 is 5.32 Å². The van der Waals surface area contributed by atoms with Crippen LogP contribution in [-0.4, -0.2) is 6.54 Å². The Morgan fingerprint density at radius 3 is 2.50 bits per heavy atom. The summed E-state index contributed by atoms with van der Waals surface area (Å²) in [5, 5.41) is 3.41. The summed E-state index contributed by atoms with van der Waals surface area (Å²) in [5.74, 6) is 0.414. The third-order valence-corrected chi connectivity index (χ3v) is 4.18. The van der Waals surface area contributed by atoms with Crippen LogP contribution in [0.2, 0.25) is 0 Å². The van der Waals surface area contributed by atoms with Gasteiger partial charge in [0.05, 0.1) is 5.56 Å². The number of hydrogen-bond acceptors (Lipinski definition) is 1. The molecule has 1 nitrogen and oxygen atoms in total. The van der Waals surface area contributed by atoms with Crippen molar-refractivity contribution in [2.45, 2.75) is 45.8 Å². The van der Waals surface area contributed by atoms with Gasteiger partial charge in [0.25, 0.3) is 0 Å². The van der Waals surface area contributed by atoms with E-state index in [2.05, 4.69) is 26.1 Å². The second kappa shape index (κ2) is 5.40. The fraction of sp³-hybridized carbons (Fsp3) is 0.625. The van der Waals surface area contributed by atoms with E-state index in [-0.39, 0.29) is 11.5 Å². The summed E-state index contributed by atoms with van der Waals surface area (Å²) in [6.07, 6.45) is -2.24.